The van der Waals surface area contributed by atoms with Gasteiger partial charge >= 0.3 is 5.97 Å². The van der Waals surface area contributed by atoms with Gasteiger partial charge in [0, 0.05) is 5.41 Å². The van der Waals surface area contributed by atoms with Gasteiger partial charge in [-0.1, -0.05) is 20.8 Å². The Hall–Kier alpha value is -0.900. The van der Waals surface area contributed by atoms with E-state index in [9.17, 15) is 4.79 Å². The normalized spacial score (nSPS) is 11.5. The Morgan fingerprint density at radius 3 is 2.47 bits per heavy atom. The first-order valence-corrected chi connectivity index (χ1v) is 5.83. The van der Waals surface area contributed by atoms with Crippen molar-refractivity contribution >= 4 is 17.3 Å². The highest BCUT2D eigenvalue weighted by Gasteiger charge is 2.23. The maximum absolute atomic E-state index is 11.6. The van der Waals surface area contributed by atoms with E-state index in [-0.39, 0.29) is 11.4 Å². The summed E-state index contributed by atoms with van der Waals surface area (Å²) in [4.78, 5) is 16.6. The fraction of sp³-hybridized carbons (Fsp3) is 0.636. The van der Waals surface area contributed by atoms with E-state index in [0.717, 1.165) is 10.7 Å². The van der Waals surface area contributed by atoms with Crippen molar-refractivity contribution in [1.29, 1.82) is 0 Å². The highest BCUT2D eigenvalue weighted by Crippen LogP contribution is 2.29. The summed E-state index contributed by atoms with van der Waals surface area (Å²) in [6.07, 6.45) is 0. The Kier molecular flexibility index (Phi) is 3.50. The minimum atomic E-state index is -0.261. The molecule has 0 saturated carbocycles. The van der Waals surface area contributed by atoms with Gasteiger partial charge < -0.3 is 4.74 Å². The predicted octanol–water partition coefficient (Wildman–Crippen LogP) is 2.93. The zero-order chi connectivity index (χ0) is 11.6. The van der Waals surface area contributed by atoms with Crippen molar-refractivity contribution in [1.82, 2.24) is 4.98 Å². The molecule has 1 aromatic rings. The van der Waals surface area contributed by atoms with Gasteiger partial charge in [-0.3, -0.25) is 0 Å². The standard InChI is InChI=1S/C11H17NO2S/c1-6-14-9(13)8-7(2)12-10(15-8)11(3,4)5/h6H2,1-5H3. The maximum atomic E-state index is 11.6. The van der Waals surface area contributed by atoms with E-state index in [4.69, 9.17) is 4.74 Å². The van der Waals surface area contributed by atoms with Crippen LogP contribution in [0, 0.1) is 6.92 Å². The molecule has 0 saturated heterocycles. The second kappa shape index (κ2) is 4.31. The van der Waals surface area contributed by atoms with Crippen LogP contribution < -0.4 is 0 Å². The molecule has 0 aliphatic carbocycles. The van der Waals surface area contributed by atoms with Gasteiger partial charge in [-0.15, -0.1) is 11.3 Å². The molecule has 1 aromatic heterocycles. The van der Waals surface area contributed by atoms with Gasteiger partial charge in [0.05, 0.1) is 17.3 Å². The molecule has 3 nitrogen and oxygen atoms in total. The van der Waals surface area contributed by atoms with Crippen molar-refractivity contribution in [3.63, 3.8) is 0 Å². The Balaban J connectivity index is 3.02. The third-order valence-electron chi connectivity index (χ3n) is 1.90. The van der Waals surface area contributed by atoms with E-state index in [2.05, 4.69) is 25.8 Å². The number of ether oxygens (including phenoxy) is 1. The number of esters is 1. The molecule has 0 radical (unpaired) electrons. The number of aryl methyl sites for hydroxylation is 1. The van der Waals surface area contributed by atoms with Gasteiger partial charge in [0.2, 0.25) is 0 Å². The lowest BCUT2D eigenvalue weighted by atomic mass is 9.98. The fourth-order valence-electron chi connectivity index (χ4n) is 1.10. The number of thiazole rings is 1. The van der Waals surface area contributed by atoms with Crippen molar-refractivity contribution in [2.24, 2.45) is 0 Å². The van der Waals surface area contributed by atoms with Crippen LogP contribution in [0.25, 0.3) is 0 Å². The third kappa shape index (κ3) is 2.78. The zero-order valence-corrected chi connectivity index (χ0v) is 10.7. The second-order valence-corrected chi connectivity index (χ2v) is 5.40. The molecule has 1 heterocycles. The molecule has 0 fully saturated rings. The number of carbonyl (C=O) groups excluding carboxylic acids is 1. The zero-order valence-electron chi connectivity index (χ0n) is 9.88. The van der Waals surface area contributed by atoms with Crippen molar-refractivity contribution < 1.29 is 9.53 Å². The topological polar surface area (TPSA) is 39.2 Å². The summed E-state index contributed by atoms with van der Waals surface area (Å²) in [7, 11) is 0. The molecule has 0 atom stereocenters. The highest BCUT2D eigenvalue weighted by atomic mass is 32.1. The monoisotopic (exact) mass is 227 g/mol. The van der Waals surface area contributed by atoms with Crippen LogP contribution in [0.5, 0.6) is 0 Å². The van der Waals surface area contributed by atoms with Gasteiger partial charge in [-0.2, -0.15) is 0 Å². The molecular formula is C11H17NO2S. The molecule has 0 spiro atoms. The van der Waals surface area contributed by atoms with Gasteiger partial charge in [0.25, 0.3) is 0 Å². The molecule has 0 amide bonds. The van der Waals surface area contributed by atoms with Crippen molar-refractivity contribution in [2.45, 2.75) is 40.0 Å². The first-order valence-electron chi connectivity index (χ1n) is 5.01. The molecule has 1 rings (SSSR count). The number of rotatable bonds is 2. The molecule has 0 N–H and O–H groups in total. The average Bonchev–Trinajstić information content (AvgIpc) is 2.47. The van der Waals surface area contributed by atoms with Crippen LogP contribution in [-0.2, 0) is 10.2 Å². The maximum Gasteiger partial charge on any atom is 0.350 e. The van der Waals surface area contributed by atoms with E-state index < -0.39 is 0 Å². The van der Waals surface area contributed by atoms with Crippen molar-refractivity contribution in [3.05, 3.63) is 15.6 Å². The minimum absolute atomic E-state index is 0.0137. The summed E-state index contributed by atoms with van der Waals surface area (Å²) in [5, 5.41) is 0.975. The Labute approximate surface area is 94.5 Å². The van der Waals surface area contributed by atoms with Gasteiger partial charge in [-0.25, -0.2) is 9.78 Å². The second-order valence-electron chi connectivity index (χ2n) is 4.40. The first-order chi connectivity index (χ1) is 6.86. The summed E-state index contributed by atoms with van der Waals surface area (Å²) in [6.45, 7) is 10.3. The van der Waals surface area contributed by atoms with Crippen molar-refractivity contribution in [3.8, 4) is 0 Å². The van der Waals surface area contributed by atoms with Crippen LogP contribution in [-0.4, -0.2) is 17.6 Å². The van der Waals surface area contributed by atoms with Crippen molar-refractivity contribution in [2.75, 3.05) is 6.61 Å². The minimum Gasteiger partial charge on any atom is -0.462 e. The number of nitrogens with zero attached hydrogens (tertiary/aromatic N) is 1. The quantitative estimate of drug-likeness (QED) is 0.729. The van der Waals surface area contributed by atoms with E-state index >= 15 is 0 Å². The molecule has 0 bridgehead atoms. The lowest BCUT2D eigenvalue weighted by molar-refractivity contribution is 0.0531. The SMILES string of the molecule is CCOC(=O)c1sc(C(C)(C)C)nc1C. The van der Waals surface area contributed by atoms with E-state index in [0.29, 0.717) is 11.5 Å². The van der Waals surface area contributed by atoms with Crippen LogP contribution in [0.1, 0.15) is 48.1 Å². The van der Waals surface area contributed by atoms with E-state index in [1.807, 2.05) is 6.92 Å². The summed E-state index contributed by atoms with van der Waals surface area (Å²) >= 11 is 1.43. The van der Waals surface area contributed by atoms with E-state index in [1.165, 1.54) is 11.3 Å². The molecule has 0 aromatic carbocycles. The highest BCUT2D eigenvalue weighted by molar-refractivity contribution is 7.13. The van der Waals surface area contributed by atoms with Gasteiger partial charge in [0.15, 0.2) is 0 Å². The lowest BCUT2D eigenvalue weighted by Gasteiger charge is -2.13. The van der Waals surface area contributed by atoms with Crippen LogP contribution in [0.4, 0.5) is 0 Å². The smallest absolute Gasteiger partial charge is 0.350 e. The fourth-order valence-corrected chi connectivity index (χ4v) is 2.12. The first kappa shape index (κ1) is 12.2. The Bertz CT molecular complexity index is 363. The summed E-state index contributed by atoms with van der Waals surface area (Å²) in [5.74, 6) is -0.261. The molecule has 84 valence electrons. The van der Waals surface area contributed by atoms with Gasteiger partial charge in [0.1, 0.15) is 4.88 Å². The third-order valence-corrected chi connectivity index (χ3v) is 3.46. The van der Waals surface area contributed by atoms with Crippen LogP contribution in [0.15, 0.2) is 0 Å². The largest absolute Gasteiger partial charge is 0.462 e. The number of carbonyl (C=O) groups is 1. The average molecular weight is 227 g/mol. The summed E-state index contributed by atoms with van der Waals surface area (Å²) in [6, 6.07) is 0. The molecule has 4 heteroatoms. The Morgan fingerprint density at radius 1 is 1.47 bits per heavy atom. The van der Waals surface area contributed by atoms with Crippen LogP contribution in [0.2, 0.25) is 0 Å². The van der Waals surface area contributed by atoms with Gasteiger partial charge in [-0.05, 0) is 13.8 Å². The number of hydrogen-bond acceptors (Lipinski definition) is 4. The molecule has 0 unspecified atom stereocenters. The molecule has 0 aliphatic rings. The molecule has 0 aliphatic heterocycles. The van der Waals surface area contributed by atoms with Crippen LogP contribution >= 0.6 is 11.3 Å². The van der Waals surface area contributed by atoms with Crippen LogP contribution in [0.3, 0.4) is 0 Å². The predicted molar refractivity (Wildman–Crippen MR) is 61.5 cm³/mol. The molecular weight excluding hydrogens is 210 g/mol. The summed E-state index contributed by atoms with van der Waals surface area (Å²) in [5.41, 5.74) is 0.753. The Morgan fingerprint density at radius 2 is 2.07 bits per heavy atom. The lowest BCUT2D eigenvalue weighted by Crippen LogP contribution is -2.10. The molecule has 15 heavy (non-hydrogen) atoms. The summed E-state index contributed by atoms with van der Waals surface area (Å²) < 4.78 is 4.97. The number of aromatic nitrogens is 1. The number of hydrogen-bond donors (Lipinski definition) is 0. The van der Waals surface area contributed by atoms with E-state index in [1.54, 1.807) is 6.92 Å².